The third-order valence-electron chi connectivity index (χ3n) is 4.17. The van der Waals surface area contributed by atoms with Crippen molar-refractivity contribution in [1.82, 2.24) is 14.8 Å². The van der Waals surface area contributed by atoms with Gasteiger partial charge in [-0.25, -0.2) is 0 Å². The summed E-state index contributed by atoms with van der Waals surface area (Å²) in [6.45, 7) is 6.29. The van der Waals surface area contributed by atoms with Crippen LogP contribution in [0.4, 0.5) is 5.69 Å². The Kier molecular flexibility index (Phi) is 5.78. The minimum Gasteiger partial charge on any atom is -0.325 e. The maximum Gasteiger partial charge on any atom is 0.234 e. The molecule has 136 valence electrons. The fourth-order valence-electron chi connectivity index (χ4n) is 2.83. The fraction of sp³-hybridized carbons (Fsp3) is 0.316. The Morgan fingerprint density at radius 2 is 2.12 bits per heavy atom. The topological polar surface area (TPSA) is 59.8 Å². The first-order valence-corrected chi connectivity index (χ1v) is 10.3. The highest BCUT2D eigenvalue weighted by Crippen LogP contribution is 2.31. The van der Waals surface area contributed by atoms with Crippen molar-refractivity contribution in [2.75, 3.05) is 11.1 Å². The van der Waals surface area contributed by atoms with E-state index >= 15 is 0 Å². The van der Waals surface area contributed by atoms with E-state index in [4.69, 9.17) is 0 Å². The molecule has 3 aromatic rings. The molecule has 0 saturated carbocycles. The Bertz CT molecular complexity index is 930. The summed E-state index contributed by atoms with van der Waals surface area (Å²) in [5.74, 6) is 1.10. The number of carbonyl (C=O) groups excluding carboxylic acids is 1. The molecule has 0 atom stereocenters. The van der Waals surface area contributed by atoms with Crippen molar-refractivity contribution in [2.45, 2.75) is 32.3 Å². The molecule has 1 aromatic carbocycles. The summed E-state index contributed by atoms with van der Waals surface area (Å²) < 4.78 is 1.96. The molecule has 0 aliphatic rings. The predicted octanol–water partition coefficient (Wildman–Crippen LogP) is 4.45. The van der Waals surface area contributed by atoms with Gasteiger partial charge in [-0.3, -0.25) is 4.79 Å². The minimum absolute atomic E-state index is 0.0502. The molecule has 7 heteroatoms. The highest BCUT2D eigenvalue weighted by Gasteiger charge is 2.17. The number of benzene rings is 1. The van der Waals surface area contributed by atoms with Crippen LogP contribution in [0.5, 0.6) is 0 Å². The van der Waals surface area contributed by atoms with Crippen LogP contribution in [-0.4, -0.2) is 26.4 Å². The van der Waals surface area contributed by atoms with Crippen LogP contribution in [0.2, 0.25) is 0 Å². The first-order chi connectivity index (χ1) is 12.5. The van der Waals surface area contributed by atoms with Crippen LogP contribution in [0.15, 0.2) is 34.8 Å². The van der Waals surface area contributed by atoms with E-state index in [-0.39, 0.29) is 5.91 Å². The highest BCUT2D eigenvalue weighted by atomic mass is 32.2. The third kappa shape index (κ3) is 3.99. The van der Waals surface area contributed by atoms with E-state index in [2.05, 4.69) is 34.7 Å². The highest BCUT2D eigenvalue weighted by molar-refractivity contribution is 7.99. The molecule has 5 nitrogen and oxygen atoms in total. The summed E-state index contributed by atoms with van der Waals surface area (Å²) in [4.78, 5) is 13.5. The van der Waals surface area contributed by atoms with Crippen molar-refractivity contribution < 1.29 is 4.79 Å². The zero-order valence-corrected chi connectivity index (χ0v) is 17.0. The number of hydrogen-bond donors (Lipinski definition) is 1. The molecule has 3 rings (SSSR count). The summed E-state index contributed by atoms with van der Waals surface area (Å²) in [5.41, 5.74) is 4.39. The van der Waals surface area contributed by atoms with Gasteiger partial charge in [-0.15, -0.1) is 21.5 Å². The van der Waals surface area contributed by atoms with E-state index in [1.807, 2.05) is 42.8 Å². The monoisotopic (exact) mass is 386 g/mol. The fourth-order valence-corrected chi connectivity index (χ4v) is 4.48. The zero-order valence-electron chi connectivity index (χ0n) is 15.4. The van der Waals surface area contributed by atoms with Crippen molar-refractivity contribution >= 4 is 34.7 Å². The van der Waals surface area contributed by atoms with Gasteiger partial charge < -0.3 is 9.88 Å². The molecule has 0 bridgehead atoms. The number of aromatic nitrogens is 3. The van der Waals surface area contributed by atoms with Crippen LogP contribution >= 0.6 is 23.1 Å². The minimum atomic E-state index is -0.0502. The van der Waals surface area contributed by atoms with Crippen LogP contribution in [-0.2, 0) is 18.3 Å². The normalized spacial score (nSPS) is 10.9. The van der Waals surface area contributed by atoms with Crippen LogP contribution < -0.4 is 5.32 Å². The van der Waals surface area contributed by atoms with Crippen molar-refractivity contribution in [1.29, 1.82) is 0 Å². The molecular formula is C19H22N4OS2. The summed E-state index contributed by atoms with van der Waals surface area (Å²) in [6, 6.07) is 7.78. The Morgan fingerprint density at radius 1 is 1.31 bits per heavy atom. The Balaban J connectivity index is 1.68. The van der Waals surface area contributed by atoms with Gasteiger partial charge in [-0.1, -0.05) is 30.8 Å². The summed E-state index contributed by atoms with van der Waals surface area (Å²) in [5, 5.41) is 14.4. The van der Waals surface area contributed by atoms with Gasteiger partial charge in [-0.05, 0) is 43.5 Å². The molecule has 0 saturated heterocycles. The van der Waals surface area contributed by atoms with Crippen LogP contribution in [0.25, 0.3) is 11.4 Å². The van der Waals surface area contributed by atoms with E-state index < -0.39 is 0 Å². The molecule has 0 unspecified atom stereocenters. The number of hydrogen-bond acceptors (Lipinski definition) is 5. The molecule has 26 heavy (non-hydrogen) atoms. The Hall–Kier alpha value is -2.12. The predicted molar refractivity (Wildman–Crippen MR) is 109 cm³/mol. The second-order valence-electron chi connectivity index (χ2n) is 6.11. The maximum absolute atomic E-state index is 12.2. The quantitative estimate of drug-likeness (QED) is 0.636. The number of carbonyl (C=O) groups is 1. The second-order valence-corrected chi connectivity index (χ2v) is 8.14. The average molecular weight is 387 g/mol. The standard InChI is InChI=1S/C19H22N4OS2/c1-5-15-13(3)25-10-16(15)18-21-22-19(23(18)4)26-11-17(24)20-14-8-6-7-12(2)9-14/h6-10H,5,11H2,1-4H3,(H,20,24). The molecule has 2 aromatic heterocycles. The van der Waals surface area contributed by atoms with Gasteiger partial charge in [0.05, 0.1) is 5.75 Å². The lowest BCUT2D eigenvalue weighted by molar-refractivity contribution is -0.113. The lowest BCUT2D eigenvalue weighted by atomic mass is 10.1. The van der Waals surface area contributed by atoms with E-state index in [9.17, 15) is 4.79 Å². The van der Waals surface area contributed by atoms with Gasteiger partial charge in [0.15, 0.2) is 11.0 Å². The van der Waals surface area contributed by atoms with Gasteiger partial charge in [-0.2, -0.15) is 0 Å². The number of anilines is 1. The molecule has 0 aliphatic heterocycles. The SMILES string of the molecule is CCc1c(-c2nnc(SCC(=O)Nc3cccc(C)c3)n2C)csc1C. The first kappa shape index (κ1) is 18.7. The van der Waals surface area contributed by atoms with Crippen LogP contribution in [0.1, 0.15) is 22.9 Å². The van der Waals surface area contributed by atoms with E-state index in [0.717, 1.165) is 34.2 Å². The Labute approximate surface area is 161 Å². The number of amides is 1. The van der Waals surface area contributed by atoms with Crippen LogP contribution in [0, 0.1) is 13.8 Å². The van der Waals surface area contributed by atoms with E-state index in [1.54, 1.807) is 11.3 Å². The van der Waals surface area contributed by atoms with Gasteiger partial charge in [0, 0.05) is 28.6 Å². The first-order valence-electron chi connectivity index (χ1n) is 8.45. The second kappa shape index (κ2) is 8.05. The smallest absolute Gasteiger partial charge is 0.234 e. The average Bonchev–Trinajstić information content (AvgIpc) is 3.15. The van der Waals surface area contributed by atoms with Crippen molar-refractivity contribution in [3.05, 3.63) is 45.6 Å². The summed E-state index contributed by atoms with van der Waals surface area (Å²) in [7, 11) is 1.95. The van der Waals surface area contributed by atoms with Gasteiger partial charge in [0.1, 0.15) is 0 Å². The number of nitrogens with one attached hydrogen (secondary N) is 1. The molecule has 2 heterocycles. The van der Waals surface area contributed by atoms with Gasteiger partial charge in [0.25, 0.3) is 0 Å². The van der Waals surface area contributed by atoms with Gasteiger partial charge in [0.2, 0.25) is 5.91 Å². The molecule has 1 N–H and O–H groups in total. The van der Waals surface area contributed by atoms with E-state index in [1.165, 1.54) is 22.2 Å². The Morgan fingerprint density at radius 3 is 2.85 bits per heavy atom. The van der Waals surface area contributed by atoms with Crippen LogP contribution in [0.3, 0.4) is 0 Å². The zero-order chi connectivity index (χ0) is 18.7. The van der Waals surface area contributed by atoms with Crippen molar-refractivity contribution in [3.63, 3.8) is 0 Å². The lowest BCUT2D eigenvalue weighted by Gasteiger charge is -2.06. The summed E-state index contributed by atoms with van der Waals surface area (Å²) >= 11 is 3.13. The third-order valence-corrected chi connectivity index (χ3v) is 6.14. The summed E-state index contributed by atoms with van der Waals surface area (Å²) in [6.07, 6.45) is 0.971. The maximum atomic E-state index is 12.2. The molecule has 0 aliphatic carbocycles. The molecule has 1 amide bonds. The van der Waals surface area contributed by atoms with Crippen molar-refractivity contribution in [2.24, 2.45) is 7.05 Å². The van der Waals surface area contributed by atoms with Gasteiger partial charge >= 0.3 is 0 Å². The number of nitrogens with zero attached hydrogens (tertiary/aromatic N) is 3. The number of rotatable bonds is 6. The number of aryl methyl sites for hydroxylation is 2. The molecular weight excluding hydrogens is 364 g/mol. The molecule has 0 spiro atoms. The van der Waals surface area contributed by atoms with Crippen molar-refractivity contribution in [3.8, 4) is 11.4 Å². The lowest BCUT2D eigenvalue weighted by Crippen LogP contribution is -2.14. The number of thioether (sulfide) groups is 1. The van der Waals surface area contributed by atoms with E-state index in [0.29, 0.717) is 5.75 Å². The molecule has 0 radical (unpaired) electrons. The number of thiophene rings is 1. The largest absolute Gasteiger partial charge is 0.325 e. The molecule has 0 fully saturated rings.